The molecule has 5 nitrogen and oxygen atoms in total. The third-order valence-electron chi connectivity index (χ3n) is 3.93. The van der Waals surface area contributed by atoms with E-state index in [2.05, 4.69) is 19.9 Å². The zero-order chi connectivity index (χ0) is 18.3. The Morgan fingerprint density at radius 3 is 2.42 bits per heavy atom. The Hall–Kier alpha value is -3.00. The van der Waals surface area contributed by atoms with E-state index in [-0.39, 0.29) is 17.2 Å². The summed E-state index contributed by atoms with van der Waals surface area (Å²) in [5.74, 6) is -1.38. The lowest BCUT2D eigenvalue weighted by Crippen LogP contribution is -1.99. The molecular weight excluding hydrogens is 358 g/mol. The zero-order valence-corrected chi connectivity index (χ0v) is 14.6. The number of fused-ring (bicyclic) bond motifs is 1. The van der Waals surface area contributed by atoms with Gasteiger partial charge in [0.05, 0.1) is 5.52 Å². The third-order valence-corrected chi connectivity index (χ3v) is 4.83. The van der Waals surface area contributed by atoms with Crippen molar-refractivity contribution < 1.29 is 13.5 Å². The van der Waals surface area contributed by atoms with Gasteiger partial charge in [-0.1, -0.05) is 0 Å². The molecule has 3 heterocycles. The van der Waals surface area contributed by atoms with Crippen LogP contribution < -0.4 is 4.74 Å². The summed E-state index contributed by atoms with van der Waals surface area (Å²) in [6.45, 7) is 3.44. The van der Waals surface area contributed by atoms with Gasteiger partial charge < -0.3 is 4.74 Å². The molecule has 0 bridgehead atoms. The minimum Gasteiger partial charge on any atom is -0.434 e. The number of rotatable bonds is 3. The van der Waals surface area contributed by atoms with Crippen molar-refractivity contribution in [3.8, 4) is 22.8 Å². The summed E-state index contributed by atoms with van der Waals surface area (Å²) in [5, 5.41) is 1.83. The molecule has 130 valence electrons. The number of halogens is 2. The number of hydrogen-bond donors (Lipinski definition) is 0. The summed E-state index contributed by atoms with van der Waals surface area (Å²) in [6, 6.07) is 3.91. The van der Waals surface area contributed by atoms with E-state index in [9.17, 15) is 8.78 Å². The van der Waals surface area contributed by atoms with Crippen molar-refractivity contribution in [2.24, 2.45) is 0 Å². The summed E-state index contributed by atoms with van der Waals surface area (Å²) >= 11 is 1.36. The van der Waals surface area contributed by atoms with Gasteiger partial charge in [0.2, 0.25) is 5.88 Å². The highest BCUT2D eigenvalue weighted by molar-refractivity contribution is 7.17. The van der Waals surface area contributed by atoms with Crippen LogP contribution in [0.2, 0.25) is 0 Å². The second kappa shape index (κ2) is 6.38. The van der Waals surface area contributed by atoms with Crippen LogP contribution in [0.4, 0.5) is 8.78 Å². The average molecular weight is 370 g/mol. The average Bonchev–Trinajstić information content (AvgIpc) is 3.08. The maximum atomic E-state index is 14.7. The van der Waals surface area contributed by atoms with Gasteiger partial charge in [0.1, 0.15) is 23.2 Å². The lowest BCUT2D eigenvalue weighted by atomic mass is 10.0. The highest BCUT2D eigenvalue weighted by Crippen LogP contribution is 2.35. The van der Waals surface area contributed by atoms with Gasteiger partial charge in [-0.15, -0.1) is 11.3 Å². The molecule has 4 rings (SSSR count). The molecule has 0 atom stereocenters. The van der Waals surface area contributed by atoms with Crippen LogP contribution in [0.1, 0.15) is 11.4 Å². The SMILES string of the molecule is Cc1ncnc(C)c1-c1cc(F)c(Oc2ncnc3ccsc23)cc1F. The Bertz CT molecular complexity index is 1110. The Labute approximate surface area is 151 Å². The van der Waals surface area contributed by atoms with E-state index in [1.807, 2.05) is 5.38 Å². The predicted octanol–water partition coefficient (Wildman–Crippen LogP) is 4.84. The normalized spacial score (nSPS) is 11.1. The Morgan fingerprint density at radius 1 is 0.923 bits per heavy atom. The zero-order valence-electron chi connectivity index (χ0n) is 13.8. The summed E-state index contributed by atoms with van der Waals surface area (Å²) in [7, 11) is 0. The summed E-state index contributed by atoms with van der Waals surface area (Å²) in [4.78, 5) is 16.2. The van der Waals surface area contributed by atoms with Gasteiger partial charge in [0, 0.05) is 28.6 Å². The van der Waals surface area contributed by atoms with Gasteiger partial charge in [0.25, 0.3) is 0 Å². The summed E-state index contributed by atoms with van der Waals surface area (Å²) < 4.78 is 35.5. The minimum absolute atomic E-state index is 0.0920. The van der Waals surface area contributed by atoms with E-state index in [4.69, 9.17) is 4.74 Å². The molecule has 0 N–H and O–H groups in total. The van der Waals surface area contributed by atoms with Crippen LogP contribution in [0.15, 0.2) is 36.2 Å². The standard InChI is InChI=1S/C18H12F2N4OS/c1-9-16(10(2)22-7-21-9)11-5-13(20)15(6-12(11)19)25-18-17-14(3-4-26-17)23-8-24-18/h3-8H,1-2H3. The largest absolute Gasteiger partial charge is 0.434 e. The van der Waals surface area contributed by atoms with Crippen molar-refractivity contribution in [3.05, 3.63) is 59.3 Å². The number of thiophene rings is 1. The van der Waals surface area contributed by atoms with Crippen molar-refractivity contribution in [1.82, 2.24) is 19.9 Å². The first-order valence-corrected chi connectivity index (χ1v) is 8.56. The molecule has 0 aliphatic heterocycles. The molecule has 4 aromatic rings. The Balaban J connectivity index is 1.78. The smallest absolute Gasteiger partial charge is 0.240 e. The Kier molecular flexibility index (Phi) is 4.04. The molecule has 8 heteroatoms. The topological polar surface area (TPSA) is 60.8 Å². The number of hydrogen-bond acceptors (Lipinski definition) is 6. The molecule has 0 aliphatic carbocycles. The number of aryl methyl sites for hydroxylation is 2. The molecule has 3 aromatic heterocycles. The maximum absolute atomic E-state index is 14.7. The van der Waals surface area contributed by atoms with E-state index in [0.29, 0.717) is 27.2 Å². The highest BCUT2D eigenvalue weighted by Gasteiger charge is 2.18. The van der Waals surface area contributed by atoms with Crippen LogP contribution in [-0.2, 0) is 0 Å². The van der Waals surface area contributed by atoms with E-state index < -0.39 is 11.6 Å². The van der Waals surface area contributed by atoms with Gasteiger partial charge in [0.15, 0.2) is 11.6 Å². The van der Waals surface area contributed by atoms with Gasteiger partial charge in [-0.25, -0.2) is 28.7 Å². The molecular formula is C18H12F2N4OS. The third kappa shape index (κ3) is 2.78. The molecule has 0 aliphatic rings. The Morgan fingerprint density at radius 2 is 1.65 bits per heavy atom. The van der Waals surface area contributed by atoms with Crippen LogP contribution in [0, 0.1) is 25.5 Å². The lowest BCUT2D eigenvalue weighted by Gasteiger charge is -2.12. The summed E-state index contributed by atoms with van der Waals surface area (Å²) in [6.07, 6.45) is 2.71. The molecule has 0 saturated carbocycles. The van der Waals surface area contributed by atoms with Gasteiger partial charge in [-0.3, -0.25) is 0 Å². The fourth-order valence-corrected chi connectivity index (χ4v) is 3.49. The fraction of sp³-hybridized carbons (Fsp3) is 0.111. The fourth-order valence-electron chi connectivity index (χ4n) is 2.72. The van der Waals surface area contributed by atoms with Crippen LogP contribution in [0.25, 0.3) is 21.3 Å². The van der Waals surface area contributed by atoms with Crippen molar-refractivity contribution in [2.45, 2.75) is 13.8 Å². The first-order valence-electron chi connectivity index (χ1n) is 7.68. The van der Waals surface area contributed by atoms with Gasteiger partial charge >= 0.3 is 0 Å². The lowest BCUT2D eigenvalue weighted by molar-refractivity contribution is 0.427. The minimum atomic E-state index is -0.702. The first-order chi connectivity index (χ1) is 12.5. The molecule has 26 heavy (non-hydrogen) atoms. The predicted molar refractivity (Wildman–Crippen MR) is 94.3 cm³/mol. The molecule has 1 aromatic carbocycles. The van der Waals surface area contributed by atoms with Crippen molar-refractivity contribution in [2.75, 3.05) is 0 Å². The van der Waals surface area contributed by atoms with Crippen molar-refractivity contribution in [1.29, 1.82) is 0 Å². The molecule has 0 radical (unpaired) electrons. The number of aromatic nitrogens is 4. The van der Waals surface area contributed by atoms with E-state index in [0.717, 1.165) is 12.1 Å². The number of nitrogens with zero attached hydrogens (tertiary/aromatic N) is 4. The van der Waals surface area contributed by atoms with Crippen molar-refractivity contribution in [3.63, 3.8) is 0 Å². The second-order valence-corrected chi connectivity index (χ2v) is 6.51. The van der Waals surface area contributed by atoms with Crippen LogP contribution in [0.3, 0.4) is 0 Å². The first kappa shape index (κ1) is 16.5. The van der Waals surface area contributed by atoms with Crippen LogP contribution in [-0.4, -0.2) is 19.9 Å². The number of ether oxygens (including phenoxy) is 1. The summed E-state index contributed by atoms with van der Waals surface area (Å²) in [5.41, 5.74) is 2.39. The second-order valence-electron chi connectivity index (χ2n) is 5.60. The van der Waals surface area contributed by atoms with Gasteiger partial charge in [-0.2, -0.15) is 0 Å². The van der Waals surface area contributed by atoms with Crippen molar-refractivity contribution >= 4 is 21.6 Å². The van der Waals surface area contributed by atoms with Gasteiger partial charge in [-0.05, 0) is 31.4 Å². The molecule has 0 spiro atoms. The molecule has 0 unspecified atom stereocenters. The van der Waals surface area contributed by atoms with Crippen LogP contribution >= 0.6 is 11.3 Å². The molecule has 0 fully saturated rings. The molecule has 0 saturated heterocycles. The van der Waals surface area contributed by atoms with E-state index >= 15 is 0 Å². The highest BCUT2D eigenvalue weighted by atomic mass is 32.1. The van der Waals surface area contributed by atoms with Crippen LogP contribution in [0.5, 0.6) is 11.6 Å². The monoisotopic (exact) mass is 370 g/mol. The van der Waals surface area contributed by atoms with E-state index in [1.165, 1.54) is 24.0 Å². The quantitative estimate of drug-likeness (QED) is 0.517. The van der Waals surface area contributed by atoms with E-state index in [1.54, 1.807) is 19.9 Å². The number of benzene rings is 1. The maximum Gasteiger partial charge on any atom is 0.240 e. The molecule has 0 amide bonds.